The molecule has 0 spiro atoms. The standard InChI is InChI=1S/C20H27N3S/c21-20-7-6-19(24)14-17(20)8-11-22-18-9-12-23(13-10-18)15-16-4-2-1-3-5-16/h1-7,14,18,22,24H,8-13,15,21H2. The molecule has 0 unspecified atom stereocenters. The Bertz CT molecular complexity index is 637. The molecule has 4 heteroatoms. The van der Waals surface area contributed by atoms with Crippen LogP contribution in [-0.4, -0.2) is 30.6 Å². The number of piperidine rings is 1. The van der Waals surface area contributed by atoms with Crippen LogP contribution in [0.3, 0.4) is 0 Å². The van der Waals surface area contributed by atoms with Crippen LogP contribution in [0.15, 0.2) is 53.4 Å². The molecule has 1 saturated heterocycles. The van der Waals surface area contributed by atoms with Gasteiger partial charge in [0.2, 0.25) is 0 Å². The van der Waals surface area contributed by atoms with Gasteiger partial charge in [0, 0.05) is 23.2 Å². The minimum Gasteiger partial charge on any atom is -0.399 e. The van der Waals surface area contributed by atoms with Gasteiger partial charge in [0.1, 0.15) is 0 Å². The monoisotopic (exact) mass is 341 g/mol. The normalized spacial score (nSPS) is 16.4. The number of nitrogens with one attached hydrogen (secondary N) is 1. The number of thiol groups is 1. The van der Waals surface area contributed by atoms with E-state index in [4.69, 9.17) is 5.73 Å². The summed E-state index contributed by atoms with van der Waals surface area (Å²) in [7, 11) is 0. The van der Waals surface area contributed by atoms with Crippen molar-refractivity contribution in [3.8, 4) is 0 Å². The summed E-state index contributed by atoms with van der Waals surface area (Å²) in [6.07, 6.45) is 3.40. The van der Waals surface area contributed by atoms with Crippen LogP contribution >= 0.6 is 12.6 Å². The molecule has 2 aromatic carbocycles. The third-order valence-electron chi connectivity index (χ3n) is 4.79. The van der Waals surface area contributed by atoms with Gasteiger partial charge in [-0.3, -0.25) is 4.90 Å². The predicted octanol–water partition coefficient (Wildman–Crippen LogP) is 3.35. The van der Waals surface area contributed by atoms with Crippen molar-refractivity contribution in [2.75, 3.05) is 25.4 Å². The van der Waals surface area contributed by atoms with E-state index < -0.39 is 0 Å². The van der Waals surface area contributed by atoms with Gasteiger partial charge >= 0.3 is 0 Å². The summed E-state index contributed by atoms with van der Waals surface area (Å²) in [4.78, 5) is 3.53. The zero-order valence-corrected chi connectivity index (χ0v) is 15.0. The summed E-state index contributed by atoms with van der Waals surface area (Å²) in [5, 5.41) is 3.69. The van der Waals surface area contributed by atoms with Gasteiger partial charge in [-0.2, -0.15) is 0 Å². The molecule has 128 valence electrons. The molecule has 0 amide bonds. The Morgan fingerprint density at radius 3 is 2.58 bits per heavy atom. The number of benzene rings is 2. The van der Waals surface area contributed by atoms with Crippen molar-refractivity contribution in [1.82, 2.24) is 10.2 Å². The molecule has 0 aromatic heterocycles. The fraction of sp³-hybridized carbons (Fsp3) is 0.400. The number of likely N-dealkylation sites (tertiary alicyclic amines) is 1. The fourth-order valence-electron chi connectivity index (χ4n) is 3.36. The maximum Gasteiger partial charge on any atom is 0.0347 e. The minimum atomic E-state index is 0.623. The van der Waals surface area contributed by atoms with E-state index in [1.807, 2.05) is 12.1 Å². The van der Waals surface area contributed by atoms with E-state index in [1.54, 1.807) is 0 Å². The van der Waals surface area contributed by atoms with Crippen molar-refractivity contribution in [2.24, 2.45) is 0 Å². The maximum absolute atomic E-state index is 6.03. The summed E-state index contributed by atoms with van der Waals surface area (Å²) in [5.74, 6) is 0. The third kappa shape index (κ3) is 5.00. The lowest BCUT2D eigenvalue weighted by Crippen LogP contribution is -2.42. The van der Waals surface area contributed by atoms with Gasteiger partial charge in [-0.25, -0.2) is 0 Å². The summed E-state index contributed by atoms with van der Waals surface area (Å²) in [6, 6.07) is 17.3. The van der Waals surface area contributed by atoms with E-state index in [0.29, 0.717) is 6.04 Å². The Morgan fingerprint density at radius 1 is 1.08 bits per heavy atom. The fourth-order valence-corrected chi connectivity index (χ4v) is 3.59. The van der Waals surface area contributed by atoms with Crippen LogP contribution in [0.25, 0.3) is 0 Å². The molecule has 3 N–H and O–H groups in total. The van der Waals surface area contributed by atoms with Crippen LogP contribution in [0.2, 0.25) is 0 Å². The first-order valence-corrected chi connectivity index (χ1v) is 9.22. The van der Waals surface area contributed by atoms with E-state index in [2.05, 4.69) is 59.2 Å². The van der Waals surface area contributed by atoms with Crippen molar-refractivity contribution in [2.45, 2.75) is 36.7 Å². The highest BCUT2D eigenvalue weighted by atomic mass is 32.1. The van der Waals surface area contributed by atoms with Crippen molar-refractivity contribution in [3.05, 3.63) is 59.7 Å². The van der Waals surface area contributed by atoms with Gasteiger partial charge in [-0.1, -0.05) is 30.3 Å². The number of nitrogens with two attached hydrogens (primary N) is 1. The first-order valence-electron chi connectivity index (χ1n) is 8.78. The van der Waals surface area contributed by atoms with E-state index in [-0.39, 0.29) is 0 Å². The van der Waals surface area contributed by atoms with Gasteiger partial charge in [0.25, 0.3) is 0 Å². The number of anilines is 1. The first kappa shape index (κ1) is 17.3. The lowest BCUT2D eigenvalue weighted by molar-refractivity contribution is 0.191. The van der Waals surface area contributed by atoms with Crippen LogP contribution in [0.1, 0.15) is 24.0 Å². The molecule has 0 aliphatic carbocycles. The Kier molecular flexibility index (Phi) is 6.18. The number of hydrogen-bond acceptors (Lipinski definition) is 4. The molecule has 0 atom stereocenters. The molecule has 3 rings (SSSR count). The quantitative estimate of drug-likeness (QED) is 0.557. The molecule has 0 radical (unpaired) electrons. The Hall–Kier alpha value is -1.49. The summed E-state index contributed by atoms with van der Waals surface area (Å²) in [6.45, 7) is 4.38. The third-order valence-corrected chi connectivity index (χ3v) is 5.07. The number of nitrogens with zero attached hydrogens (tertiary/aromatic N) is 1. The van der Waals surface area contributed by atoms with E-state index in [0.717, 1.165) is 30.1 Å². The lowest BCUT2D eigenvalue weighted by Gasteiger charge is -2.32. The summed E-state index contributed by atoms with van der Waals surface area (Å²) in [5.41, 5.74) is 9.50. The van der Waals surface area contributed by atoms with E-state index >= 15 is 0 Å². The largest absolute Gasteiger partial charge is 0.399 e. The zero-order chi connectivity index (χ0) is 16.8. The zero-order valence-electron chi connectivity index (χ0n) is 14.1. The smallest absolute Gasteiger partial charge is 0.0347 e. The summed E-state index contributed by atoms with van der Waals surface area (Å²) >= 11 is 4.39. The Balaban J connectivity index is 1.39. The highest BCUT2D eigenvalue weighted by molar-refractivity contribution is 7.80. The second-order valence-corrected chi connectivity index (χ2v) is 7.14. The first-order chi connectivity index (χ1) is 11.7. The highest BCUT2D eigenvalue weighted by Gasteiger charge is 2.18. The SMILES string of the molecule is Nc1ccc(S)cc1CCNC1CCN(Cc2ccccc2)CC1. The predicted molar refractivity (Wildman–Crippen MR) is 105 cm³/mol. The molecule has 0 bridgehead atoms. The molecule has 3 nitrogen and oxygen atoms in total. The maximum atomic E-state index is 6.03. The van der Waals surface area contributed by atoms with Crippen molar-refractivity contribution in [3.63, 3.8) is 0 Å². The number of rotatable bonds is 6. The molecule has 24 heavy (non-hydrogen) atoms. The van der Waals surface area contributed by atoms with Gasteiger partial charge in [0.05, 0.1) is 0 Å². The van der Waals surface area contributed by atoms with Crippen LogP contribution < -0.4 is 11.1 Å². The molecular weight excluding hydrogens is 314 g/mol. The topological polar surface area (TPSA) is 41.3 Å². The lowest BCUT2D eigenvalue weighted by atomic mass is 10.0. The van der Waals surface area contributed by atoms with Gasteiger partial charge < -0.3 is 11.1 Å². The van der Waals surface area contributed by atoms with Gasteiger partial charge in [-0.15, -0.1) is 12.6 Å². The van der Waals surface area contributed by atoms with Crippen LogP contribution in [-0.2, 0) is 13.0 Å². The molecule has 2 aromatic rings. The average molecular weight is 342 g/mol. The van der Waals surface area contributed by atoms with Gasteiger partial charge in [-0.05, 0) is 68.2 Å². The second-order valence-electron chi connectivity index (χ2n) is 6.62. The number of hydrogen-bond donors (Lipinski definition) is 3. The Labute approximate surface area is 150 Å². The summed E-state index contributed by atoms with van der Waals surface area (Å²) < 4.78 is 0. The van der Waals surface area contributed by atoms with Crippen LogP contribution in [0, 0.1) is 0 Å². The van der Waals surface area contributed by atoms with Crippen LogP contribution in [0.5, 0.6) is 0 Å². The van der Waals surface area contributed by atoms with Gasteiger partial charge in [0.15, 0.2) is 0 Å². The molecule has 1 aliphatic heterocycles. The minimum absolute atomic E-state index is 0.623. The second kappa shape index (κ2) is 8.56. The van der Waals surface area contributed by atoms with E-state index in [1.165, 1.54) is 37.1 Å². The molecular formula is C20H27N3S. The molecule has 1 fully saturated rings. The highest BCUT2D eigenvalue weighted by Crippen LogP contribution is 2.18. The van der Waals surface area contributed by atoms with E-state index in [9.17, 15) is 0 Å². The number of nitrogen functional groups attached to an aromatic ring is 1. The van der Waals surface area contributed by atoms with Crippen molar-refractivity contribution in [1.29, 1.82) is 0 Å². The molecule has 1 aliphatic rings. The molecule has 0 saturated carbocycles. The van der Waals surface area contributed by atoms with Crippen LogP contribution in [0.4, 0.5) is 5.69 Å². The molecule has 1 heterocycles. The van der Waals surface area contributed by atoms with Crippen molar-refractivity contribution < 1.29 is 0 Å². The Morgan fingerprint density at radius 2 is 1.83 bits per heavy atom. The van der Waals surface area contributed by atoms with Crippen molar-refractivity contribution >= 4 is 18.3 Å². The average Bonchev–Trinajstić information content (AvgIpc) is 2.60.